The molecule has 1 amide bonds. The number of β-amino-alcohol motifs (C(OH)–C–C–N with tert-alkyl or cyclic N) is 1. The molecule has 0 spiro atoms. The molecule has 2 atom stereocenters. The summed E-state index contributed by atoms with van der Waals surface area (Å²) in [5, 5.41) is 11.1. The molecule has 5 rings (SSSR count). The minimum Gasteiger partial charge on any atom is -0.450 e. The molecule has 1 aromatic heterocycles. The van der Waals surface area contributed by atoms with Crippen LogP contribution in [0.4, 0.5) is 4.39 Å². The average Bonchev–Trinajstić information content (AvgIpc) is 3.07. The zero-order chi connectivity index (χ0) is 21.5. The Balaban J connectivity index is 1.67. The van der Waals surface area contributed by atoms with Gasteiger partial charge < -0.3 is 14.4 Å². The summed E-state index contributed by atoms with van der Waals surface area (Å²) in [6.07, 6.45) is -0.966. The Morgan fingerprint density at radius 1 is 0.935 bits per heavy atom. The van der Waals surface area contributed by atoms with Gasteiger partial charge in [0.1, 0.15) is 11.4 Å². The van der Waals surface area contributed by atoms with Gasteiger partial charge in [0.25, 0.3) is 5.91 Å². The number of benzene rings is 3. The fraction of sp³-hybridized carbons (Fsp3) is 0.120. The van der Waals surface area contributed by atoms with Crippen LogP contribution in [-0.2, 0) is 0 Å². The summed E-state index contributed by atoms with van der Waals surface area (Å²) in [5.74, 6) is -0.949. The van der Waals surface area contributed by atoms with E-state index in [0.29, 0.717) is 22.1 Å². The maximum Gasteiger partial charge on any atom is 0.291 e. The number of carbonyl (C=O) groups excluding carboxylic acids is 1. The molecule has 1 N–H and O–H groups in total. The number of carbonyl (C=O) groups is 1. The van der Waals surface area contributed by atoms with E-state index in [1.54, 1.807) is 60.7 Å². The first kappa shape index (κ1) is 19.2. The van der Waals surface area contributed by atoms with Gasteiger partial charge in [0.05, 0.1) is 29.6 Å². The number of hydrogen-bond donors (Lipinski definition) is 1. The Hall–Kier alpha value is -3.77. The molecule has 0 bridgehead atoms. The van der Waals surface area contributed by atoms with E-state index in [9.17, 15) is 19.1 Å². The Kier molecular flexibility index (Phi) is 4.64. The first-order valence-electron chi connectivity index (χ1n) is 9.90. The smallest absolute Gasteiger partial charge is 0.291 e. The summed E-state index contributed by atoms with van der Waals surface area (Å²) in [6.45, 7) is -0.0507. The second-order valence-electron chi connectivity index (χ2n) is 7.51. The van der Waals surface area contributed by atoms with Crippen molar-refractivity contribution in [2.24, 2.45) is 0 Å². The topological polar surface area (TPSA) is 70.8 Å². The molecule has 0 saturated heterocycles. The summed E-state index contributed by atoms with van der Waals surface area (Å²) in [6, 6.07) is 20.6. The molecular weight excluding hydrogens is 397 g/mol. The zero-order valence-electron chi connectivity index (χ0n) is 16.4. The number of aliphatic hydroxyl groups excluding tert-OH is 1. The quantitative estimate of drug-likeness (QED) is 0.542. The third-order valence-corrected chi connectivity index (χ3v) is 5.61. The van der Waals surface area contributed by atoms with E-state index in [4.69, 9.17) is 4.42 Å². The monoisotopic (exact) mass is 415 g/mol. The molecule has 31 heavy (non-hydrogen) atoms. The number of hydrogen-bond acceptors (Lipinski definition) is 4. The summed E-state index contributed by atoms with van der Waals surface area (Å²) < 4.78 is 19.4. The van der Waals surface area contributed by atoms with E-state index in [2.05, 4.69) is 0 Å². The third kappa shape index (κ3) is 3.21. The van der Waals surface area contributed by atoms with Crippen molar-refractivity contribution in [1.82, 2.24) is 4.90 Å². The highest BCUT2D eigenvalue weighted by Crippen LogP contribution is 2.39. The first-order valence-corrected chi connectivity index (χ1v) is 9.90. The highest BCUT2D eigenvalue weighted by atomic mass is 19.1. The van der Waals surface area contributed by atoms with Crippen LogP contribution in [0.2, 0.25) is 0 Å². The summed E-state index contributed by atoms with van der Waals surface area (Å²) in [7, 11) is 0. The van der Waals surface area contributed by atoms with Crippen LogP contribution in [0.25, 0.3) is 11.0 Å². The van der Waals surface area contributed by atoms with Crippen LogP contribution in [0.5, 0.6) is 0 Å². The van der Waals surface area contributed by atoms with Crippen molar-refractivity contribution < 1.29 is 18.7 Å². The lowest BCUT2D eigenvalue weighted by molar-refractivity contribution is 0.0583. The first-order chi connectivity index (χ1) is 15.0. The Labute approximate surface area is 177 Å². The number of amides is 1. The highest BCUT2D eigenvalue weighted by Gasteiger charge is 2.43. The van der Waals surface area contributed by atoms with Crippen LogP contribution >= 0.6 is 0 Å². The molecule has 3 aromatic carbocycles. The summed E-state index contributed by atoms with van der Waals surface area (Å²) in [5.41, 5.74) is 1.43. The number of nitrogens with zero attached hydrogens (tertiary/aromatic N) is 1. The van der Waals surface area contributed by atoms with Crippen molar-refractivity contribution in [2.45, 2.75) is 12.1 Å². The maximum atomic E-state index is 13.6. The minimum absolute atomic E-state index is 0.0433. The van der Waals surface area contributed by atoms with Crippen molar-refractivity contribution in [3.8, 4) is 0 Å². The molecule has 0 fully saturated rings. The summed E-state index contributed by atoms with van der Waals surface area (Å²) >= 11 is 0. The number of aliphatic hydroxyl groups is 1. The van der Waals surface area contributed by atoms with Gasteiger partial charge in [-0.15, -0.1) is 0 Å². The van der Waals surface area contributed by atoms with Gasteiger partial charge in [-0.25, -0.2) is 4.39 Å². The van der Waals surface area contributed by atoms with Crippen molar-refractivity contribution in [3.05, 3.63) is 117 Å². The van der Waals surface area contributed by atoms with E-state index in [0.717, 1.165) is 0 Å². The van der Waals surface area contributed by atoms with E-state index < -0.39 is 23.9 Å². The molecular formula is C25H18FNO4. The predicted octanol–water partition coefficient (Wildman–Crippen LogP) is 4.21. The Morgan fingerprint density at radius 3 is 2.35 bits per heavy atom. The molecule has 0 saturated carbocycles. The van der Waals surface area contributed by atoms with Gasteiger partial charge in [-0.05, 0) is 35.4 Å². The number of fused-ring (bicyclic) bond motifs is 2. The molecule has 4 aromatic rings. The van der Waals surface area contributed by atoms with E-state index in [-0.39, 0.29) is 23.3 Å². The van der Waals surface area contributed by atoms with Crippen molar-refractivity contribution in [2.75, 3.05) is 6.54 Å². The SMILES string of the molecule is O=C1c2oc3ccccc3c(=O)c2C(c2ccc(F)cc2)N1CC(O)c1ccccc1. The number of halogens is 1. The molecule has 5 nitrogen and oxygen atoms in total. The van der Waals surface area contributed by atoms with E-state index >= 15 is 0 Å². The fourth-order valence-corrected chi connectivity index (χ4v) is 4.11. The highest BCUT2D eigenvalue weighted by molar-refractivity contribution is 5.99. The lowest BCUT2D eigenvalue weighted by Crippen LogP contribution is -2.33. The fourth-order valence-electron chi connectivity index (χ4n) is 4.11. The minimum atomic E-state index is -0.966. The molecule has 1 aliphatic rings. The van der Waals surface area contributed by atoms with Crippen molar-refractivity contribution >= 4 is 16.9 Å². The lowest BCUT2D eigenvalue weighted by Gasteiger charge is -2.27. The summed E-state index contributed by atoms with van der Waals surface area (Å²) in [4.78, 5) is 28.1. The maximum absolute atomic E-state index is 13.6. The van der Waals surface area contributed by atoms with Crippen LogP contribution in [-0.4, -0.2) is 22.5 Å². The Bertz CT molecular complexity index is 1330. The molecule has 0 aliphatic carbocycles. The van der Waals surface area contributed by atoms with Crippen molar-refractivity contribution in [3.63, 3.8) is 0 Å². The van der Waals surface area contributed by atoms with Gasteiger partial charge in [0, 0.05) is 0 Å². The normalized spacial score (nSPS) is 16.5. The number of para-hydroxylation sites is 1. The van der Waals surface area contributed by atoms with Crippen LogP contribution in [0, 0.1) is 5.82 Å². The molecule has 6 heteroatoms. The number of rotatable bonds is 4. The van der Waals surface area contributed by atoms with Gasteiger partial charge in [0.2, 0.25) is 5.76 Å². The van der Waals surface area contributed by atoms with Gasteiger partial charge in [-0.2, -0.15) is 0 Å². The standard InChI is InChI=1S/C25H18FNO4/c26-17-12-10-16(11-13-17)22-21-23(29)18-8-4-5-9-20(18)31-24(21)25(30)27(22)14-19(28)15-6-2-1-3-7-15/h1-13,19,22,28H,14H2. The van der Waals surface area contributed by atoms with Crippen LogP contribution in [0.3, 0.4) is 0 Å². The molecule has 0 radical (unpaired) electrons. The lowest BCUT2D eigenvalue weighted by atomic mass is 9.98. The zero-order valence-corrected chi connectivity index (χ0v) is 16.4. The second-order valence-corrected chi connectivity index (χ2v) is 7.51. The van der Waals surface area contributed by atoms with Gasteiger partial charge in [-0.3, -0.25) is 9.59 Å². The van der Waals surface area contributed by atoms with Gasteiger partial charge in [0.15, 0.2) is 5.43 Å². The molecule has 154 valence electrons. The van der Waals surface area contributed by atoms with Crippen LogP contribution in [0.15, 0.2) is 88.1 Å². The van der Waals surface area contributed by atoms with E-state index in [1.165, 1.54) is 17.0 Å². The third-order valence-electron chi connectivity index (χ3n) is 5.61. The average molecular weight is 415 g/mol. The van der Waals surface area contributed by atoms with E-state index in [1.807, 2.05) is 6.07 Å². The van der Waals surface area contributed by atoms with Crippen LogP contribution < -0.4 is 5.43 Å². The molecule has 1 aliphatic heterocycles. The predicted molar refractivity (Wildman–Crippen MR) is 113 cm³/mol. The molecule has 2 unspecified atom stereocenters. The van der Waals surface area contributed by atoms with Gasteiger partial charge in [-0.1, -0.05) is 54.6 Å². The van der Waals surface area contributed by atoms with Gasteiger partial charge >= 0.3 is 0 Å². The van der Waals surface area contributed by atoms with Crippen LogP contribution in [0.1, 0.15) is 39.4 Å². The molecule has 2 heterocycles. The Morgan fingerprint density at radius 2 is 1.61 bits per heavy atom. The largest absolute Gasteiger partial charge is 0.450 e. The second kappa shape index (κ2) is 7.49. The van der Waals surface area contributed by atoms with Crippen molar-refractivity contribution in [1.29, 1.82) is 0 Å².